The molecule has 100 valence electrons. The van der Waals surface area contributed by atoms with Crippen LogP contribution in [0.5, 0.6) is 5.75 Å². The highest BCUT2D eigenvalue weighted by Gasteiger charge is 2.13. The van der Waals surface area contributed by atoms with Crippen molar-refractivity contribution in [2.45, 2.75) is 13.0 Å². The Morgan fingerprint density at radius 3 is 3.00 bits per heavy atom. The van der Waals surface area contributed by atoms with Crippen molar-refractivity contribution in [3.8, 4) is 5.75 Å². The number of rotatable bonds is 4. The van der Waals surface area contributed by atoms with E-state index in [1.165, 1.54) is 0 Å². The van der Waals surface area contributed by atoms with E-state index in [2.05, 4.69) is 31.3 Å². The second-order valence-electron chi connectivity index (χ2n) is 3.82. The first-order chi connectivity index (χ1) is 9.19. The Labute approximate surface area is 109 Å². The second kappa shape index (κ2) is 5.80. The maximum absolute atomic E-state index is 11.8. The number of aromatic nitrogens is 4. The van der Waals surface area contributed by atoms with Crippen LogP contribution in [0, 0.1) is 0 Å². The zero-order valence-electron chi connectivity index (χ0n) is 10.5. The quantitative estimate of drug-likeness (QED) is 0.765. The van der Waals surface area contributed by atoms with E-state index in [4.69, 9.17) is 4.74 Å². The third-order valence-electron chi connectivity index (χ3n) is 2.42. The number of nitrogens with one attached hydrogen (secondary N) is 3. The number of anilines is 1. The van der Waals surface area contributed by atoms with Crippen molar-refractivity contribution in [3.63, 3.8) is 0 Å². The van der Waals surface area contributed by atoms with Crippen LogP contribution in [0.2, 0.25) is 0 Å². The summed E-state index contributed by atoms with van der Waals surface area (Å²) in [5.41, 5.74) is 0.636. The first kappa shape index (κ1) is 12.8. The number of tetrazole rings is 1. The lowest BCUT2D eigenvalue weighted by molar-refractivity contribution is 0.249. The number of carbonyl (C=O) groups is 1. The summed E-state index contributed by atoms with van der Waals surface area (Å²) in [5.74, 6) is 1.09. The van der Waals surface area contributed by atoms with Crippen LogP contribution in [0.3, 0.4) is 0 Å². The summed E-state index contributed by atoms with van der Waals surface area (Å²) >= 11 is 0. The average molecular weight is 262 g/mol. The molecular weight excluding hydrogens is 248 g/mol. The number of hydrogen-bond donors (Lipinski definition) is 3. The maximum Gasteiger partial charge on any atom is 0.319 e. The molecule has 0 radical (unpaired) electrons. The summed E-state index contributed by atoms with van der Waals surface area (Å²) < 4.78 is 5.07. The van der Waals surface area contributed by atoms with Gasteiger partial charge in [-0.3, -0.25) is 0 Å². The number of methoxy groups -OCH3 is 1. The van der Waals surface area contributed by atoms with Gasteiger partial charge in [0.05, 0.1) is 13.2 Å². The summed E-state index contributed by atoms with van der Waals surface area (Å²) in [4.78, 5) is 11.8. The normalized spacial score (nSPS) is 11.7. The molecule has 0 aliphatic carbocycles. The third kappa shape index (κ3) is 3.41. The lowest BCUT2D eigenvalue weighted by Gasteiger charge is -2.11. The number of aromatic amines is 1. The predicted molar refractivity (Wildman–Crippen MR) is 67.7 cm³/mol. The molecular formula is C11H14N6O2. The van der Waals surface area contributed by atoms with Crippen LogP contribution >= 0.6 is 0 Å². The first-order valence-electron chi connectivity index (χ1n) is 5.64. The molecule has 0 saturated carbocycles. The van der Waals surface area contributed by atoms with E-state index in [0.717, 1.165) is 0 Å². The van der Waals surface area contributed by atoms with Gasteiger partial charge in [-0.1, -0.05) is 11.3 Å². The molecule has 0 saturated heterocycles. The van der Waals surface area contributed by atoms with E-state index in [1.54, 1.807) is 38.3 Å². The molecule has 0 aliphatic heterocycles. The van der Waals surface area contributed by atoms with Gasteiger partial charge in [0.15, 0.2) is 5.82 Å². The Morgan fingerprint density at radius 2 is 2.32 bits per heavy atom. The summed E-state index contributed by atoms with van der Waals surface area (Å²) in [6.07, 6.45) is 0. The molecule has 0 bridgehead atoms. The number of hydrogen-bond acceptors (Lipinski definition) is 5. The molecule has 1 aromatic carbocycles. The number of ether oxygens (including phenoxy) is 1. The molecule has 0 fully saturated rings. The van der Waals surface area contributed by atoms with E-state index < -0.39 is 0 Å². The van der Waals surface area contributed by atoms with Gasteiger partial charge in [-0.15, -0.1) is 10.2 Å². The van der Waals surface area contributed by atoms with Gasteiger partial charge in [-0.25, -0.2) is 4.79 Å². The van der Waals surface area contributed by atoms with Crippen molar-refractivity contribution < 1.29 is 9.53 Å². The van der Waals surface area contributed by atoms with Crippen LogP contribution in [0.25, 0.3) is 0 Å². The SMILES string of the molecule is COc1cccc(NC(=O)NC(C)c2nn[nH]n2)c1. The lowest BCUT2D eigenvalue weighted by Crippen LogP contribution is -2.31. The minimum atomic E-state index is -0.356. The van der Waals surface area contributed by atoms with Gasteiger partial charge in [-0.2, -0.15) is 5.21 Å². The van der Waals surface area contributed by atoms with Gasteiger partial charge in [0.1, 0.15) is 5.75 Å². The lowest BCUT2D eigenvalue weighted by atomic mass is 10.3. The fraction of sp³-hybridized carbons (Fsp3) is 0.273. The van der Waals surface area contributed by atoms with E-state index in [0.29, 0.717) is 17.3 Å². The number of urea groups is 1. The van der Waals surface area contributed by atoms with E-state index >= 15 is 0 Å². The van der Waals surface area contributed by atoms with Gasteiger partial charge in [0, 0.05) is 11.8 Å². The highest BCUT2D eigenvalue weighted by molar-refractivity contribution is 5.89. The Morgan fingerprint density at radius 1 is 1.47 bits per heavy atom. The van der Waals surface area contributed by atoms with Crippen molar-refractivity contribution in [1.82, 2.24) is 25.9 Å². The standard InChI is InChI=1S/C11H14N6O2/c1-7(10-14-16-17-15-10)12-11(18)13-8-4-3-5-9(6-8)19-2/h3-7H,1-2H3,(H2,12,13,18)(H,14,15,16,17). The van der Waals surface area contributed by atoms with Crippen LogP contribution in [0.4, 0.5) is 10.5 Å². The van der Waals surface area contributed by atoms with E-state index in [-0.39, 0.29) is 12.1 Å². The van der Waals surface area contributed by atoms with Crippen molar-refractivity contribution in [1.29, 1.82) is 0 Å². The maximum atomic E-state index is 11.8. The number of H-pyrrole nitrogens is 1. The molecule has 2 amide bonds. The average Bonchev–Trinajstić information content (AvgIpc) is 2.92. The third-order valence-corrected chi connectivity index (χ3v) is 2.42. The smallest absolute Gasteiger partial charge is 0.319 e. The molecule has 3 N–H and O–H groups in total. The number of carbonyl (C=O) groups excluding carboxylic acids is 1. The highest BCUT2D eigenvalue weighted by Crippen LogP contribution is 2.16. The Balaban J connectivity index is 1.93. The molecule has 2 aromatic rings. The largest absolute Gasteiger partial charge is 0.497 e. The summed E-state index contributed by atoms with van der Waals surface area (Å²) in [7, 11) is 1.57. The molecule has 0 aliphatic rings. The predicted octanol–water partition coefficient (Wildman–Crippen LogP) is 1.09. The molecule has 1 atom stereocenters. The number of amides is 2. The monoisotopic (exact) mass is 262 g/mol. The van der Waals surface area contributed by atoms with Crippen molar-refractivity contribution >= 4 is 11.7 Å². The molecule has 1 heterocycles. The zero-order valence-corrected chi connectivity index (χ0v) is 10.5. The molecule has 1 unspecified atom stereocenters. The van der Waals surface area contributed by atoms with Crippen molar-refractivity contribution in [2.75, 3.05) is 12.4 Å². The van der Waals surface area contributed by atoms with Gasteiger partial charge < -0.3 is 15.4 Å². The van der Waals surface area contributed by atoms with Crippen LogP contribution in [-0.2, 0) is 0 Å². The first-order valence-corrected chi connectivity index (χ1v) is 5.64. The number of nitrogens with zero attached hydrogens (tertiary/aromatic N) is 3. The summed E-state index contributed by atoms with van der Waals surface area (Å²) in [5, 5.41) is 18.7. The van der Waals surface area contributed by atoms with Crippen molar-refractivity contribution in [2.24, 2.45) is 0 Å². The van der Waals surface area contributed by atoms with Crippen LogP contribution in [-0.4, -0.2) is 33.8 Å². The second-order valence-corrected chi connectivity index (χ2v) is 3.82. The molecule has 2 rings (SSSR count). The Bertz CT molecular complexity index is 542. The zero-order chi connectivity index (χ0) is 13.7. The summed E-state index contributed by atoms with van der Waals surface area (Å²) in [6.45, 7) is 1.76. The van der Waals surface area contributed by atoms with Gasteiger partial charge in [-0.05, 0) is 19.1 Å². The molecule has 8 nitrogen and oxygen atoms in total. The molecule has 19 heavy (non-hydrogen) atoms. The van der Waals surface area contributed by atoms with Gasteiger partial charge in [0.2, 0.25) is 0 Å². The minimum absolute atomic E-state index is 0.343. The van der Waals surface area contributed by atoms with Gasteiger partial charge in [0.25, 0.3) is 0 Å². The fourth-order valence-electron chi connectivity index (χ4n) is 1.48. The van der Waals surface area contributed by atoms with Crippen LogP contribution in [0.15, 0.2) is 24.3 Å². The van der Waals surface area contributed by atoms with Gasteiger partial charge >= 0.3 is 6.03 Å². The summed E-state index contributed by atoms with van der Waals surface area (Å²) in [6, 6.07) is 6.37. The highest BCUT2D eigenvalue weighted by atomic mass is 16.5. The number of benzene rings is 1. The van der Waals surface area contributed by atoms with E-state index in [1.807, 2.05) is 0 Å². The van der Waals surface area contributed by atoms with Crippen molar-refractivity contribution in [3.05, 3.63) is 30.1 Å². The topological polar surface area (TPSA) is 105 Å². The minimum Gasteiger partial charge on any atom is -0.497 e. The van der Waals surface area contributed by atoms with Crippen LogP contribution < -0.4 is 15.4 Å². The Kier molecular flexibility index (Phi) is 3.91. The Hall–Kier alpha value is -2.64. The van der Waals surface area contributed by atoms with E-state index in [9.17, 15) is 4.79 Å². The van der Waals surface area contributed by atoms with Crippen LogP contribution in [0.1, 0.15) is 18.8 Å². The molecule has 1 aromatic heterocycles. The molecule has 0 spiro atoms. The fourth-order valence-corrected chi connectivity index (χ4v) is 1.48. The molecule has 8 heteroatoms.